The van der Waals surface area contributed by atoms with Gasteiger partial charge < -0.3 is 14.2 Å². The van der Waals surface area contributed by atoms with Crippen molar-refractivity contribution in [1.82, 2.24) is 0 Å². The first-order chi connectivity index (χ1) is 36.5. The Morgan fingerprint density at radius 1 is 0.284 bits per heavy atom. The van der Waals surface area contributed by atoms with Crippen LogP contribution in [0.5, 0.6) is 0 Å². The van der Waals surface area contributed by atoms with Gasteiger partial charge in [-0.3, -0.25) is 14.4 Å². The number of rotatable bonds is 59. The van der Waals surface area contributed by atoms with E-state index >= 15 is 0 Å². The quantitative estimate of drug-likeness (QED) is 0.0261. The Morgan fingerprint density at radius 2 is 0.527 bits per heavy atom. The molecule has 0 aromatic carbocycles. The molecule has 0 heterocycles. The molecule has 0 spiro atoms. The summed E-state index contributed by atoms with van der Waals surface area (Å²) in [4.78, 5) is 38.1. The van der Waals surface area contributed by atoms with Gasteiger partial charge in [-0.1, -0.05) is 313 Å². The Balaban J connectivity index is 4.14. The summed E-state index contributed by atoms with van der Waals surface area (Å²) in [6.07, 6.45) is 79.6. The van der Waals surface area contributed by atoms with Crippen molar-refractivity contribution in [1.29, 1.82) is 0 Å². The molecule has 0 aromatic heterocycles. The Labute approximate surface area is 460 Å². The van der Waals surface area contributed by atoms with Crippen molar-refractivity contribution in [3.8, 4) is 0 Å². The van der Waals surface area contributed by atoms with Gasteiger partial charge in [0.2, 0.25) is 0 Å². The maximum absolute atomic E-state index is 12.9. The molecule has 0 bridgehead atoms. The van der Waals surface area contributed by atoms with E-state index in [9.17, 15) is 14.4 Å². The van der Waals surface area contributed by atoms with E-state index in [1.165, 1.54) is 205 Å². The molecule has 0 aliphatic carbocycles. The molecule has 0 rings (SSSR count). The summed E-state index contributed by atoms with van der Waals surface area (Å²) < 4.78 is 16.9. The molecule has 0 aliphatic heterocycles. The van der Waals surface area contributed by atoms with Crippen LogP contribution in [0, 0.1) is 0 Å². The van der Waals surface area contributed by atoms with Crippen LogP contribution in [0.15, 0.2) is 60.8 Å². The highest BCUT2D eigenvalue weighted by Gasteiger charge is 2.19. The minimum atomic E-state index is -0.771. The van der Waals surface area contributed by atoms with Gasteiger partial charge in [0.25, 0.3) is 0 Å². The monoisotopic (exact) mass is 1030 g/mol. The SMILES string of the molecule is CC/C=C\C/C=C\C/C=C\C/C=C\C/C=C\CCCCCCCCCCCCCC(=O)OCC(COC(=O)CCCCCCCCCC)OC(=O)CCCCCCCCCCCCCCCCCCCCCCC. The summed E-state index contributed by atoms with van der Waals surface area (Å²) in [5.41, 5.74) is 0. The summed E-state index contributed by atoms with van der Waals surface area (Å²) in [5, 5.41) is 0. The molecule has 0 aromatic rings. The molecule has 6 nitrogen and oxygen atoms in total. The largest absolute Gasteiger partial charge is 0.462 e. The minimum absolute atomic E-state index is 0.0702. The van der Waals surface area contributed by atoms with Crippen LogP contribution in [0.25, 0.3) is 0 Å². The van der Waals surface area contributed by atoms with Gasteiger partial charge >= 0.3 is 17.9 Å². The Kier molecular flexibility index (Phi) is 60.2. The third kappa shape index (κ3) is 60.0. The van der Waals surface area contributed by atoms with Gasteiger partial charge in [0.15, 0.2) is 6.10 Å². The molecule has 0 radical (unpaired) electrons. The van der Waals surface area contributed by atoms with E-state index in [0.29, 0.717) is 19.3 Å². The molecule has 1 atom stereocenters. The van der Waals surface area contributed by atoms with Gasteiger partial charge in [-0.2, -0.15) is 0 Å². The van der Waals surface area contributed by atoms with Crippen LogP contribution in [0.1, 0.15) is 335 Å². The van der Waals surface area contributed by atoms with Crippen molar-refractivity contribution >= 4 is 17.9 Å². The molecular weight excluding hydrogens is 913 g/mol. The summed E-state index contributed by atoms with van der Waals surface area (Å²) in [5.74, 6) is -0.858. The molecule has 0 saturated carbocycles. The number of carbonyl (C=O) groups is 3. The van der Waals surface area contributed by atoms with E-state index in [0.717, 1.165) is 89.9 Å². The summed E-state index contributed by atoms with van der Waals surface area (Å²) >= 11 is 0. The second-order valence-electron chi connectivity index (χ2n) is 21.7. The van der Waals surface area contributed by atoms with E-state index in [-0.39, 0.29) is 31.1 Å². The van der Waals surface area contributed by atoms with E-state index in [2.05, 4.69) is 81.5 Å². The van der Waals surface area contributed by atoms with Crippen molar-refractivity contribution in [2.24, 2.45) is 0 Å². The predicted molar refractivity (Wildman–Crippen MR) is 321 cm³/mol. The molecule has 1 unspecified atom stereocenters. The fraction of sp³-hybridized carbons (Fsp3) is 0.809. The number of esters is 3. The lowest BCUT2D eigenvalue weighted by Crippen LogP contribution is -2.30. The topological polar surface area (TPSA) is 78.9 Å². The maximum atomic E-state index is 12.9. The first-order valence-electron chi connectivity index (χ1n) is 32.3. The first kappa shape index (κ1) is 71.1. The maximum Gasteiger partial charge on any atom is 0.306 e. The van der Waals surface area contributed by atoms with Crippen LogP contribution in [0.2, 0.25) is 0 Å². The summed E-state index contributed by atoms with van der Waals surface area (Å²) in [6, 6.07) is 0. The third-order valence-electron chi connectivity index (χ3n) is 14.3. The van der Waals surface area contributed by atoms with Gasteiger partial charge in [-0.05, 0) is 64.2 Å². The molecule has 0 aliphatic rings. The van der Waals surface area contributed by atoms with E-state index < -0.39 is 6.10 Å². The third-order valence-corrected chi connectivity index (χ3v) is 14.3. The van der Waals surface area contributed by atoms with Crippen molar-refractivity contribution in [3.63, 3.8) is 0 Å². The Hall–Kier alpha value is -2.89. The number of hydrogen-bond donors (Lipinski definition) is 0. The summed E-state index contributed by atoms with van der Waals surface area (Å²) in [7, 11) is 0. The zero-order valence-electron chi connectivity index (χ0n) is 49.4. The van der Waals surface area contributed by atoms with Crippen LogP contribution in [-0.4, -0.2) is 37.2 Å². The van der Waals surface area contributed by atoms with Crippen molar-refractivity contribution in [2.75, 3.05) is 13.2 Å². The average molecular weight is 1040 g/mol. The highest BCUT2D eigenvalue weighted by Crippen LogP contribution is 2.18. The van der Waals surface area contributed by atoms with Gasteiger partial charge in [0.05, 0.1) is 0 Å². The fourth-order valence-electron chi connectivity index (χ4n) is 9.47. The van der Waals surface area contributed by atoms with E-state index in [4.69, 9.17) is 14.2 Å². The molecule has 6 heteroatoms. The highest BCUT2D eigenvalue weighted by molar-refractivity contribution is 5.71. The molecule has 0 saturated heterocycles. The molecular formula is C68H122O6. The van der Waals surface area contributed by atoms with E-state index in [1.54, 1.807) is 0 Å². The molecule has 0 amide bonds. The lowest BCUT2D eigenvalue weighted by atomic mass is 10.0. The van der Waals surface area contributed by atoms with Gasteiger partial charge in [-0.25, -0.2) is 0 Å². The predicted octanol–water partition coefficient (Wildman–Crippen LogP) is 21.9. The average Bonchev–Trinajstić information content (AvgIpc) is 3.40. The van der Waals surface area contributed by atoms with Crippen molar-refractivity contribution in [2.45, 2.75) is 341 Å². The Bertz CT molecular complexity index is 1330. The molecule has 430 valence electrons. The Morgan fingerprint density at radius 3 is 0.824 bits per heavy atom. The number of unbranched alkanes of at least 4 members (excludes halogenated alkanes) is 38. The summed E-state index contributed by atoms with van der Waals surface area (Å²) in [6.45, 7) is 6.54. The van der Waals surface area contributed by atoms with Crippen molar-refractivity contribution in [3.05, 3.63) is 60.8 Å². The van der Waals surface area contributed by atoms with Crippen LogP contribution in [0.4, 0.5) is 0 Å². The zero-order valence-corrected chi connectivity index (χ0v) is 49.4. The molecule has 74 heavy (non-hydrogen) atoms. The smallest absolute Gasteiger partial charge is 0.306 e. The number of ether oxygens (including phenoxy) is 3. The number of carbonyl (C=O) groups excluding carboxylic acids is 3. The first-order valence-corrected chi connectivity index (χ1v) is 32.3. The number of allylic oxidation sites excluding steroid dienone is 10. The van der Waals surface area contributed by atoms with Crippen LogP contribution in [0.3, 0.4) is 0 Å². The second-order valence-corrected chi connectivity index (χ2v) is 21.7. The lowest BCUT2D eigenvalue weighted by molar-refractivity contribution is -0.167. The normalized spacial score (nSPS) is 12.4. The second kappa shape index (κ2) is 62.6. The highest BCUT2D eigenvalue weighted by atomic mass is 16.6. The van der Waals surface area contributed by atoms with Crippen molar-refractivity contribution < 1.29 is 28.6 Å². The zero-order chi connectivity index (χ0) is 53.6. The van der Waals surface area contributed by atoms with Crippen LogP contribution < -0.4 is 0 Å². The van der Waals surface area contributed by atoms with Crippen LogP contribution >= 0.6 is 0 Å². The molecule has 0 N–H and O–H groups in total. The van der Waals surface area contributed by atoms with Gasteiger partial charge in [0, 0.05) is 19.3 Å². The van der Waals surface area contributed by atoms with E-state index in [1.807, 2.05) is 0 Å². The van der Waals surface area contributed by atoms with Crippen LogP contribution in [-0.2, 0) is 28.6 Å². The number of hydrogen-bond acceptors (Lipinski definition) is 6. The lowest BCUT2D eigenvalue weighted by Gasteiger charge is -2.18. The van der Waals surface area contributed by atoms with Gasteiger partial charge in [0.1, 0.15) is 13.2 Å². The molecule has 0 fully saturated rings. The standard InChI is InChI=1S/C68H122O6/c1-4-7-10-13-16-19-21-23-25-27-29-31-32-33-34-35-36-38-39-41-43-45-47-49-52-55-58-61-67(70)73-64-65(63-72-66(69)60-57-54-51-18-15-12-9-6-3)74-68(71)62-59-56-53-50-48-46-44-42-40-37-30-28-26-24-22-20-17-14-11-8-5-2/h7,10,16,19,23,25,29,31,33-34,65H,4-6,8-9,11-15,17-18,20-22,24,26-28,30,32,35-64H2,1-3H3/b10-7-,19-16-,25-23-,31-29-,34-33-. The fourth-order valence-corrected chi connectivity index (χ4v) is 9.47. The minimum Gasteiger partial charge on any atom is -0.462 e. The van der Waals surface area contributed by atoms with Gasteiger partial charge in [-0.15, -0.1) is 0 Å².